The summed E-state index contributed by atoms with van der Waals surface area (Å²) in [7, 11) is 0. The zero-order valence-electron chi connectivity index (χ0n) is 13.7. The van der Waals surface area contributed by atoms with E-state index in [-0.39, 0.29) is 12.1 Å². The van der Waals surface area contributed by atoms with E-state index in [0.29, 0.717) is 13.1 Å². The molecule has 3 rings (SSSR count). The highest BCUT2D eigenvalue weighted by molar-refractivity contribution is 6.07. The van der Waals surface area contributed by atoms with Gasteiger partial charge in [0.05, 0.1) is 13.2 Å². The summed E-state index contributed by atoms with van der Waals surface area (Å²) in [5.41, 5.74) is 2.03. The summed E-state index contributed by atoms with van der Waals surface area (Å²) in [4.78, 5) is 0. The molecule has 1 atom stereocenters. The molecule has 1 heterocycles. The second-order valence-electron chi connectivity index (χ2n) is 6.89. The number of benzene rings is 2. The van der Waals surface area contributed by atoms with Crippen LogP contribution in [0, 0.1) is 0 Å². The third-order valence-corrected chi connectivity index (χ3v) is 4.42. The van der Waals surface area contributed by atoms with Gasteiger partial charge in [-0.2, -0.15) is 0 Å². The molecule has 0 saturated carbocycles. The van der Waals surface area contributed by atoms with Gasteiger partial charge in [-0.25, -0.2) is 0 Å². The van der Waals surface area contributed by atoms with Gasteiger partial charge >= 0.3 is 0 Å². The highest BCUT2D eigenvalue weighted by atomic mass is 16.3. The fraction of sp³-hybridized carbons (Fsp3) is 0.368. The molecule has 2 aromatic carbocycles. The Bertz CT molecular complexity index is 754. The van der Waals surface area contributed by atoms with Gasteiger partial charge in [0.15, 0.2) is 0 Å². The summed E-state index contributed by atoms with van der Waals surface area (Å²) >= 11 is 0. The Labute approximate surface area is 136 Å². The van der Waals surface area contributed by atoms with Crippen LogP contribution in [0.2, 0.25) is 0 Å². The average molecular weight is 313 g/mol. The van der Waals surface area contributed by atoms with E-state index in [1.807, 2.05) is 43.4 Å². The van der Waals surface area contributed by atoms with Crippen molar-refractivity contribution in [3.63, 3.8) is 0 Å². The number of quaternary nitrogens is 1. The van der Waals surface area contributed by atoms with E-state index in [1.54, 1.807) is 0 Å². The third-order valence-electron chi connectivity index (χ3n) is 4.42. The Balaban J connectivity index is 1.90. The number of para-hydroxylation sites is 2. The molecule has 0 radical (unpaired) electrons. The van der Waals surface area contributed by atoms with Crippen LogP contribution in [-0.4, -0.2) is 39.6 Å². The van der Waals surface area contributed by atoms with Crippen molar-refractivity contribution in [2.75, 3.05) is 13.2 Å². The lowest BCUT2D eigenvalue weighted by Gasteiger charge is -2.22. The minimum atomic E-state index is -0.472. The second-order valence-corrected chi connectivity index (χ2v) is 6.89. The van der Waals surface area contributed by atoms with Crippen molar-refractivity contribution >= 4 is 21.8 Å². The largest absolute Gasteiger partial charge is 0.390 e. The average Bonchev–Trinajstić information content (AvgIpc) is 2.88. The van der Waals surface area contributed by atoms with Crippen molar-refractivity contribution in [3.05, 3.63) is 48.5 Å². The zero-order valence-corrected chi connectivity index (χ0v) is 13.7. The van der Waals surface area contributed by atoms with E-state index >= 15 is 0 Å². The Morgan fingerprint density at radius 2 is 1.52 bits per heavy atom. The number of hydrogen-bond acceptors (Lipinski definition) is 2. The second kappa shape index (κ2) is 6.32. The number of hydrogen-bond donors (Lipinski definition) is 3. The molecule has 0 amide bonds. The molecule has 0 aliphatic heterocycles. The first kappa shape index (κ1) is 16.0. The molecule has 0 fully saturated rings. The van der Waals surface area contributed by atoms with Crippen LogP contribution >= 0.6 is 0 Å². The normalized spacial score (nSPS) is 13.7. The first-order valence-electron chi connectivity index (χ1n) is 8.11. The molecule has 0 unspecified atom stereocenters. The van der Waals surface area contributed by atoms with Crippen LogP contribution in [0.1, 0.15) is 13.8 Å². The molecule has 0 aliphatic rings. The molecule has 4 nitrogen and oxygen atoms in total. The fourth-order valence-corrected chi connectivity index (χ4v) is 3.00. The Kier molecular flexibility index (Phi) is 4.39. The summed E-state index contributed by atoms with van der Waals surface area (Å²) in [5, 5.41) is 24.2. The van der Waals surface area contributed by atoms with Crippen LogP contribution in [0.3, 0.4) is 0 Å². The predicted octanol–water partition coefficient (Wildman–Crippen LogP) is 1.49. The Morgan fingerprint density at radius 3 is 2.04 bits per heavy atom. The molecule has 4 heteroatoms. The van der Waals surface area contributed by atoms with Gasteiger partial charge in [0.1, 0.15) is 18.2 Å². The molecule has 122 valence electrons. The standard InChI is InChI=1S/C19H24N2O2/c1-19(2,13-22)20-11-14(23)12-21-17-9-5-3-7-15(17)16-8-4-6-10-18(16)21/h3-10,14,20,22-23H,11-13H2,1-2H3/p+1/t14-/m1/s1. The van der Waals surface area contributed by atoms with Gasteiger partial charge in [-0.15, -0.1) is 0 Å². The molecule has 1 aromatic heterocycles. The lowest BCUT2D eigenvalue weighted by Crippen LogP contribution is -2.97. The number of rotatable bonds is 6. The van der Waals surface area contributed by atoms with Crippen molar-refractivity contribution in [1.29, 1.82) is 0 Å². The van der Waals surface area contributed by atoms with Crippen LogP contribution in [-0.2, 0) is 6.54 Å². The molecular formula is C19H25N2O2+. The minimum absolute atomic E-state index is 0.0924. The molecule has 0 bridgehead atoms. The van der Waals surface area contributed by atoms with Crippen molar-refractivity contribution in [2.24, 2.45) is 0 Å². The van der Waals surface area contributed by atoms with E-state index < -0.39 is 6.10 Å². The number of aliphatic hydroxyl groups excluding tert-OH is 2. The smallest absolute Gasteiger partial charge is 0.121 e. The van der Waals surface area contributed by atoms with Crippen LogP contribution in [0.5, 0.6) is 0 Å². The third kappa shape index (κ3) is 3.24. The minimum Gasteiger partial charge on any atom is -0.390 e. The maximum Gasteiger partial charge on any atom is 0.121 e. The van der Waals surface area contributed by atoms with Gasteiger partial charge in [-0.05, 0) is 26.0 Å². The van der Waals surface area contributed by atoms with Gasteiger partial charge in [-0.1, -0.05) is 36.4 Å². The van der Waals surface area contributed by atoms with Crippen molar-refractivity contribution in [3.8, 4) is 0 Å². The van der Waals surface area contributed by atoms with E-state index in [0.717, 1.165) is 11.0 Å². The van der Waals surface area contributed by atoms with Crippen LogP contribution in [0.15, 0.2) is 48.5 Å². The molecule has 3 aromatic rings. The number of nitrogens with zero attached hydrogens (tertiary/aromatic N) is 1. The van der Waals surface area contributed by atoms with Crippen molar-refractivity contribution in [1.82, 2.24) is 4.57 Å². The zero-order chi connectivity index (χ0) is 16.4. The topological polar surface area (TPSA) is 62.0 Å². The van der Waals surface area contributed by atoms with E-state index in [4.69, 9.17) is 0 Å². The van der Waals surface area contributed by atoms with Crippen LogP contribution in [0.4, 0.5) is 0 Å². The summed E-state index contributed by atoms with van der Waals surface area (Å²) in [6.45, 7) is 5.15. The first-order chi connectivity index (χ1) is 11.0. The van der Waals surface area contributed by atoms with Crippen LogP contribution < -0.4 is 5.32 Å². The molecule has 0 aliphatic carbocycles. The highest BCUT2D eigenvalue weighted by Crippen LogP contribution is 2.28. The lowest BCUT2D eigenvalue weighted by atomic mass is 10.1. The van der Waals surface area contributed by atoms with Gasteiger partial charge in [0, 0.05) is 21.8 Å². The number of nitrogens with two attached hydrogens (primary N) is 1. The molecule has 0 spiro atoms. The fourth-order valence-electron chi connectivity index (χ4n) is 3.00. The molecule has 4 N–H and O–H groups in total. The Morgan fingerprint density at radius 1 is 1.00 bits per heavy atom. The van der Waals surface area contributed by atoms with Gasteiger partial charge in [0.2, 0.25) is 0 Å². The van der Waals surface area contributed by atoms with E-state index in [9.17, 15) is 10.2 Å². The molecular weight excluding hydrogens is 288 g/mol. The predicted molar refractivity (Wildman–Crippen MR) is 93.4 cm³/mol. The Hall–Kier alpha value is -1.88. The number of fused-ring (bicyclic) bond motifs is 3. The summed E-state index contributed by atoms with van der Waals surface area (Å²) in [5.74, 6) is 0. The maximum absolute atomic E-state index is 10.5. The summed E-state index contributed by atoms with van der Waals surface area (Å²) in [6.07, 6.45) is -0.472. The monoisotopic (exact) mass is 313 g/mol. The quantitative estimate of drug-likeness (QED) is 0.646. The van der Waals surface area contributed by atoms with Gasteiger partial charge in [0.25, 0.3) is 0 Å². The number of aromatic nitrogens is 1. The van der Waals surface area contributed by atoms with Gasteiger partial charge in [-0.3, -0.25) is 0 Å². The summed E-state index contributed by atoms with van der Waals surface area (Å²) in [6, 6.07) is 16.6. The maximum atomic E-state index is 10.5. The molecule has 0 saturated heterocycles. The van der Waals surface area contributed by atoms with E-state index in [2.05, 4.69) is 28.8 Å². The van der Waals surface area contributed by atoms with Gasteiger partial charge < -0.3 is 20.1 Å². The van der Waals surface area contributed by atoms with Crippen molar-refractivity contribution < 1.29 is 15.5 Å². The molecule has 23 heavy (non-hydrogen) atoms. The lowest BCUT2D eigenvalue weighted by molar-refractivity contribution is -0.727. The highest BCUT2D eigenvalue weighted by Gasteiger charge is 2.22. The SMILES string of the molecule is CC(C)(CO)[NH2+]C[C@@H](O)Cn1c2ccccc2c2ccccc21. The van der Waals surface area contributed by atoms with Crippen molar-refractivity contribution in [2.45, 2.75) is 32.0 Å². The summed E-state index contributed by atoms with van der Waals surface area (Å²) < 4.78 is 2.19. The first-order valence-corrected chi connectivity index (χ1v) is 8.11. The van der Waals surface area contributed by atoms with Crippen LogP contribution in [0.25, 0.3) is 21.8 Å². The number of aliphatic hydroxyl groups is 2. The van der Waals surface area contributed by atoms with E-state index in [1.165, 1.54) is 10.8 Å².